The zero-order chi connectivity index (χ0) is 18.6. The first-order valence-electron chi connectivity index (χ1n) is 7.53. The summed E-state index contributed by atoms with van der Waals surface area (Å²) in [5.74, 6) is -1.15. The van der Waals surface area contributed by atoms with E-state index < -0.39 is 20.7 Å². The zero-order valence-electron chi connectivity index (χ0n) is 13.7. The third-order valence-electron chi connectivity index (χ3n) is 3.40. The zero-order valence-corrected chi connectivity index (χ0v) is 15.3. The monoisotopic (exact) mass is 384 g/mol. The van der Waals surface area contributed by atoms with E-state index >= 15 is 0 Å². The lowest BCUT2D eigenvalue weighted by atomic mass is 10.2. The maximum Gasteiger partial charge on any atom is 0.243 e. The minimum atomic E-state index is -4.00. The number of carbonyl (C=O) groups excluding carboxylic acids is 1. The number of hydrogen-bond acceptors (Lipinski definition) is 3. The average molecular weight is 385 g/mol. The van der Waals surface area contributed by atoms with Gasteiger partial charge >= 0.3 is 0 Å². The van der Waals surface area contributed by atoms with E-state index in [0.29, 0.717) is 11.3 Å². The standard InChI is InChI=1S/C17H18ClFN2O3S/c1-11(2)17(22)21-14-6-3-12(4-7-14)10-20-25(23,24)16-8-5-13(18)9-15(16)19/h3-9,11,20H,10H2,1-2H3,(H,21,22). The van der Waals surface area contributed by atoms with Crippen molar-refractivity contribution in [2.24, 2.45) is 5.92 Å². The first-order valence-corrected chi connectivity index (χ1v) is 9.39. The molecule has 0 bridgehead atoms. The number of halogens is 2. The minimum Gasteiger partial charge on any atom is -0.326 e. The number of rotatable bonds is 6. The van der Waals surface area contributed by atoms with E-state index in [1.807, 2.05) is 0 Å². The number of amides is 1. The molecule has 2 N–H and O–H groups in total. The van der Waals surface area contributed by atoms with Crippen molar-refractivity contribution in [3.8, 4) is 0 Å². The van der Waals surface area contributed by atoms with Crippen molar-refractivity contribution >= 4 is 33.2 Å². The number of carbonyl (C=O) groups is 1. The summed E-state index contributed by atoms with van der Waals surface area (Å²) in [4.78, 5) is 11.2. The molecule has 2 aromatic carbocycles. The third-order valence-corrected chi connectivity index (χ3v) is 5.07. The van der Waals surface area contributed by atoms with Crippen molar-refractivity contribution in [3.05, 3.63) is 58.9 Å². The van der Waals surface area contributed by atoms with Crippen molar-refractivity contribution in [2.45, 2.75) is 25.3 Å². The quantitative estimate of drug-likeness (QED) is 0.799. The topological polar surface area (TPSA) is 75.3 Å². The fourth-order valence-corrected chi connectivity index (χ4v) is 3.18. The van der Waals surface area contributed by atoms with Crippen molar-refractivity contribution in [1.82, 2.24) is 4.72 Å². The molecule has 0 spiro atoms. The molecule has 0 heterocycles. The van der Waals surface area contributed by atoms with Gasteiger partial charge in [0, 0.05) is 23.2 Å². The predicted octanol–water partition coefficient (Wildman–Crippen LogP) is 3.55. The highest BCUT2D eigenvalue weighted by molar-refractivity contribution is 7.89. The molecule has 0 aliphatic rings. The molecule has 0 aliphatic heterocycles. The highest BCUT2D eigenvalue weighted by Gasteiger charge is 2.19. The summed E-state index contributed by atoms with van der Waals surface area (Å²) in [5.41, 5.74) is 1.29. The molecule has 25 heavy (non-hydrogen) atoms. The predicted molar refractivity (Wildman–Crippen MR) is 95.3 cm³/mol. The lowest BCUT2D eigenvalue weighted by Gasteiger charge is -2.10. The average Bonchev–Trinajstić information content (AvgIpc) is 2.53. The number of anilines is 1. The Bertz CT molecular complexity index is 868. The number of benzene rings is 2. The van der Waals surface area contributed by atoms with Gasteiger partial charge in [0.25, 0.3) is 0 Å². The van der Waals surface area contributed by atoms with E-state index in [2.05, 4.69) is 10.0 Å². The van der Waals surface area contributed by atoms with Crippen LogP contribution in [0.25, 0.3) is 0 Å². The molecule has 0 saturated carbocycles. The van der Waals surface area contributed by atoms with Crippen LogP contribution in [0.2, 0.25) is 5.02 Å². The van der Waals surface area contributed by atoms with E-state index in [1.165, 1.54) is 6.07 Å². The number of sulfonamides is 1. The summed E-state index contributed by atoms with van der Waals surface area (Å²) in [5, 5.41) is 2.86. The fourth-order valence-electron chi connectivity index (χ4n) is 1.94. The Morgan fingerprint density at radius 3 is 2.36 bits per heavy atom. The molecule has 1 amide bonds. The number of nitrogens with one attached hydrogen (secondary N) is 2. The van der Waals surface area contributed by atoms with Gasteiger partial charge in [-0.2, -0.15) is 0 Å². The smallest absolute Gasteiger partial charge is 0.243 e. The van der Waals surface area contributed by atoms with Gasteiger partial charge in [-0.15, -0.1) is 0 Å². The summed E-state index contributed by atoms with van der Waals surface area (Å²) in [6, 6.07) is 10.1. The highest BCUT2D eigenvalue weighted by Crippen LogP contribution is 2.19. The Kier molecular flexibility index (Phi) is 6.16. The van der Waals surface area contributed by atoms with Gasteiger partial charge in [-0.05, 0) is 35.9 Å². The molecular weight excluding hydrogens is 367 g/mol. The Morgan fingerprint density at radius 2 is 1.80 bits per heavy atom. The highest BCUT2D eigenvalue weighted by atomic mass is 35.5. The Morgan fingerprint density at radius 1 is 1.16 bits per heavy atom. The fraction of sp³-hybridized carbons (Fsp3) is 0.235. The van der Waals surface area contributed by atoms with Gasteiger partial charge in [-0.3, -0.25) is 4.79 Å². The molecule has 0 atom stereocenters. The molecule has 0 saturated heterocycles. The van der Waals surface area contributed by atoms with Gasteiger partial charge in [0.05, 0.1) is 0 Å². The number of hydrogen-bond donors (Lipinski definition) is 2. The van der Waals surface area contributed by atoms with Gasteiger partial charge in [-0.1, -0.05) is 37.6 Å². The van der Waals surface area contributed by atoms with E-state index in [1.54, 1.807) is 38.1 Å². The van der Waals surface area contributed by atoms with Crippen LogP contribution >= 0.6 is 11.6 Å². The molecule has 0 unspecified atom stereocenters. The molecule has 0 aliphatic carbocycles. The Balaban J connectivity index is 2.04. The second-order valence-corrected chi connectivity index (χ2v) is 7.91. The lowest BCUT2D eigenvalue weighted by Crippen LogP contribution is -2.24. The van der Waals surface area contributed by atoms with Crippen molar-refractivity contribution in [2.75, 3.05) is 5.32 Å². The largest absolute Gasteiger partial charge is 0.326 e. The summed E-state index contributed by atoms with van der Waals surface area (Å²) in [7, 11) is -4.00. The SMILES string of the molecule is CC(C)C(=O)Nc1ccc(CNS(=O)(=O)c2ccc(Cl)cc2F)cc1. The maximum atomic E-state index is 13.8. The van der Waals surface area contributed by atoms with Crippen LogP contribution in [0.3, 0.4) is 0 Å². The molecule has 134 valence electrons. The van der Waals surface area contributed by atoms with Crippen LogP contribution in [-0.2, 0) is 21.4 Å². The van der Waals surface area contributed by atoms with Crippen LogP contribution in [-0.4, -0.2) is 14.3 Å². The van der Waals surface area contributed by atoms with Crippen molar-refractivity contribution < 1.29 is 17.6 Å². The summed E-state index contributed by atoms with van der Waals surface area (Å²) >= 11 is 5.63. The van der Waals surface area contributed by atoms with Gasteiger partial charge in [-0.25, -0.2) is 17.5 Å². The van der Waals surface area contributed by atoms with Crippen LogP contribution in [0, 0.1) is 11.7 Å². The Labute approximate surface area is 151 Å². The summed E-state index contributed by atoms with van der Waals surface area (Å²) in [6.07, 6.45) is 0. The first-order chi connectivity index (χ1) is 11.7. The molecule has 0 radical (unpaired) electrons. The van der Waals surface area contributed by atoms with Gasteiger partial charge < -0.3 is 5.32 Å². The molecule has 5 nitrogen and oxygen atoms in total. The minimum absolute atomic E-state index is 0.0111. The van der Waals surface area contributed by atoms with Crippen molar-refractivity contribution in [3.63, 3.8) is 0 Å². The normalized spacial score (nSPS) is 11.6. The van der Waals surface area contributed by atoms with E-state index in [4.69, 9.17) is 11.6 Å². The molecule has 0 aromatic heterocycles. The summed E-state index contributed by atoms with van der Waals surface area (Å²) < 4.78 is 40.4. The van der Waals surface area contributed by atoms with Crippen LogP contribution in [0.1, 0.15) is 19.4 Å². The molecule has 0 fully saturated rings. The first kappa shape index (κ1) is 19.4. The summed E-state index contributed by atoms with van der Waals surface area (Å²) in [6.45, 7) is 3.56. The van der Waals surface area contributed by atoms with E-state index in [9.17, 15) is 17.6 Å². The molecule has 2 rings (SSSR count). The molecular formula is C17H18ClFN2O3S. The molecule has 8 heteroatoms. The second kappa shape index (κ2) is 7.95. The van der Waals surface area contributed by atoms with Crippen molar-refractivity contribution in [1.29, 1.82) is 0 Å². The van der Waals surface area contributed by atoms with Crippen LogP contribution in [0.4, 0.5) is 10.1 Å². The lowest BCUT2D eigenvalue weighted by molar-refractivity contribution is -0.118. The van der Waals surface area contributed by atoms with Gasteiger partial charge in [0.2, 0.25) is 15.9 Å². The van der Waals surface area contributed by atoms with Gasteiger partial charge in [0.15, 0.2) is 0 Å². The van der Waals surface area contributed by atoms with E-state index in [0.717, 1.165) is 12.1 Å². The third kappa shape index (κ3) is 5.26. The van der Waals surface area contributed by atoms with Crippen LogP contribution in [0.15, 0.2) is 47.4 Å². The second-order valence-electron chi connectivity index (χ2n) is 5.74. The maximum absolute atomic E-state index is 13.8. The molecule has 2 aromatic rings. The Hall–Kier alpha value is -1.96. The van der Waals surface area contributed by atoms with E-state index in [-0.39, 0.29) is 23.4 Å². The van der Waals surface area contributed by atoms with Gasteiger partial charge in [0.1, 0.15) is 10.7 Å². The van der Waals surface area contributed by atoms with Crippen LogP contribution in [0.5, 0.6) is 0 Å². The van der Waals surface area contributed by atoms with Crippen LogP contribution < -0.4 is 10.0 Å².